The molecule has 2 rings (SSSR count). The van der Waals surface area contributed by atoms with Crippen LogP contribution in [-0.2, 0) is 16.1 Å². The van der Waals surface area contributed by atoms with Gasteiger partial charge in [0.1, 0.15) is 0 Å². The fourth-order valence-electron chi connectivity index (χ4n) is 2.70. The fourth-order valence-corrected chi connectivity index (χ4v) is 4.02. The number of carbonyl (C=O) groups excluding carboxylic acids is 2. The molecule has 1 N–H and O–H groups in total. The number of likely N-dealkylation sites (N-methyl/N-ethyl adjacent to an activating group) is 1. The highest BCUT2D eigenvalue weighted by atomic mass is 79.9. The van der Waals surface area contributed by atoms with Gasteiger partial charge in [0, 0.05) is 23.6 Å². The molecule has 0 radical (unpaired) electrons. The van der Waals surface area contributed by atoms with Gasteiger partial charge in [0.25, 0.3) is 5.56 Å². The Morgan fingerprint density at radius 3 is 2.64 bits per heavy atom. The van der Waals surface area contributed by atoms with E-state index in [0.29, 0.717) is 29.1 Å². The van der Waals surface area contributed by atoms with Crippen LogP contribution in [0.1, 0.15) is 27.7 Å². The minimum atomic E-state index is -0.185. The van der Waals surface area contributed by atoms with Crippen LogP contribution in [0.4, 0.5) is 0 Å². The van der Waals surface area contributed by atoms with Gasteiger partial charge in [-0.25, -0.2) is 4.98 Å². The molecule has 0 saturated carbocycles. The number of halogens is 1. The molecule has 0 atom stereocenters. The predicted octanol–water partition coefficient (Wildman–Crippen LogP) is 2.64. The Bertz CT molecular complexity index is 929. The maximum Gasteiger partial charge on any atom is 0.262 e. The first-order valence-corrected chi connectivity index (χ1v) is 10.9. The number of hydrogen-bond acceptors (Lipinski definition) is 5. The Hall–Kier alpha value is -1.87. The van der Waals surface area contributed by atoms with Crippen molar-refractivity contribution >= 4 is 50.4 Å². The lowest BCUT2D eigenvalue weighted by Crippen LogP contribution is -2.43. The van der Waals surface area contributed by atoms with Gasteiger partial charge in [0.2, 0.25) is 11.8 Å². The van der Waals surface area contributed by atoms with Crippen molar-refractivity contribution in [2.45, 2.75) is 45.4 Å². The average Bonchev–Trinajstić information content (AvgIpc) is 2.64. The van der Waals surface area contributed by atoms with E-state index in [1.54, 1.807) is 16.7 Å². The van der Waals surface area contributed by atoms with Crippen molar-refractivity contribution in [2.75, 3.05) is 18.8 Å². The van der Waals surface area contributed by atoms with Crippen molar-refractivity contribution in [1.29, 1.82) is 0 Å². The Balaban J connectivity index is 2.17. The second-order valence-corrected chi connectivity index (χ2v) is 8.38. The lowest BCUT2D eigenvalue weighted by molar-refractivity contribution is -0.134. The quantitative estimate of drug-likeness (QED) is 0.475. The van der Waals surface area contributed by atoms with Crippen molar-refractivity contribution in [3.8, 4) is 0 Å². The van der Waals surface area contributed by atoms with Crippen LogP contribution >= 0.6 is 27.7 Å². The third-order valence-corrected chi connectivity index (χ3v) is 5.50. The lowest BCUT2D eigenvalue weighted by Gasteiger charge is -2.21. The normalized spacial score (nSPS) is 11.1. The van der Waals surface area contributed by atoms with E-state index in [0.717, 1.165) is 4.47 Å². The summed E-state index contributed by atoms with van der Waals surface area (Å²) in [6.45, 7) is 8.36. The third kappa shape index (κ3) is 5.57. The van der Waals surface area contributed by atoms with Crippen LogP contribution < -0.4 is 10.9 Å². The summed E-state index contributed by atoms with van der Waals surface area (Å²) in [5.74, 6) is -0.244. The zero-order valence-corrected chi connectivity index (χ0v) is 18.9. The summed E-state index contributed by atoms with van der Waals surface area (Å²) in [4.78, 5) is 43.3. The summed E-state index contributed by atoms with van der Waals surface area (Å²) in [7, 11) is 0. The average molecular weight is 469 g/mol. The molecule has 9 heteroatoms. The van der Waals surface area contributed by atoms with Crippen LogP contribution in [0.2, 0.25) is 0 Å². The van der Waals surface area contributed by atoms with E-state index in [4.69, 9.17) is 0 Å². The predicted molar refractivity (Wildman–Crippen MR) is 116 cm³/mol. The number of nitrogens with zero attached hydrogens (tertiary/aromatic N) is 3. The SMILES string of the molecule is CCN(CC(=O)NC(C)C)C(=O)CSc1nc2ccc(Br)cc2c(=O)n1CC. The number of hydrogen-bond donors (Lipinski definition) is 1. The van der Waals surface area contributed by atoms with Crippen LogP contribution in [0.5, 0.6) is 0 Å². The Morgan fingerprint density at radius 1 is 1.32 bits per heavy atom. The summed E-state index contributed by atoms with van der Waals surface area (Å²) in [6.07, 6.45) is 0. The smallest absolute Gasteiger partial charge is 0.262 e. The molecule has 1 aromatic heterocycles. The molecule has 2 amide bonds. The highest BCUT2D eigenvalue weighted by molar-refractivity contribution is 9.10. The minimum absolute atomic E-state index is 0.0217. The standard InChI is InChI=1S/C19H25BrN4O3S/c1-5-23(10-16(25)21-12(3)4)17(26)11-28-19-22-15-8-7-13(20)9-14(15)18(27)24(19)6-2/h7-9,12H,5-6,10-11H2,1-4H3,(H,21,25). The van der Waals surface area contributed by atoms with Gasteiger partial charge in [-0.3, -0.25) is 19.0 Å². The minimum Gasteiger partial charge on any atom is -0.352 e. The Labute approximate surface area is 177 Å². The zero-order chi connectivity index (χ0) is 20.8. The second kappa shape index (κ2) is 10.1. The van der Waals surface area contributed by atoms with E-state index in [1.165, 1.54) is 16.7 Å². The molecule has 0 fully saturated rings. The zero-order valence-electron chi connectivity index (χ0n) is 16.5. The summed E-state index contributed by atoms with van der Waals surface area (Å²) in [5, 5.41) is 3.82. The van der Waals surface area contributed by atoms with Crippen molar-refractivity contribution in [2.24, 2.45) is 0 Å². The number of fused-ring (bicyclic) bond motifs is 1. The molecular formula is C19H25BrN4O3S. The number of rotatable bonds is 8. The summed E-state index contributed by atoms with van der Waals surface area (Å²) < 4.78 is 2.38. The first-order chi connectivity index (χ1) is 13.3. The summed E-state index contributed by atoms with van der Waals surface area (Å²) >= 11 is 4.59. The van der Waals surface area contributed by atoms with E-state index in [2.05, 4.69) is 26.2 Å². The molecular weight excluding hydrogens is 444 g/mol. The highest BCUT2D eigenvalue weighted by Crippen LogP contribution is 2.21. The largest absolute Gasteiger partial charge is 0.352 e. The topological polar surface area (TPSA) is 84.3 Å². The van der Waals surface area contributed by atoms with Crippen molar-refractivity contribution in [3.63, 3.8) is 0 Å². The maximum absolute atomic E-state index is 12.8. The van der Waals surface area contributed by atoms with Crippen molar-refractivity contribution in [3.05, 3.63) is 33.0 Å². The van der Waals surface area contributed by atoms with Gasteiger partial charge in [-0.2, -0.15) is 0 Å². The second-order valence-electron chi connectivity index (χ2n) is 6.52. The first-order valence-electron chi connectivity index (χ1n) is 9.16. The monoisotopic (exact) mass is 468 g/mol. The van der Waals surface area contributed by atoms with Crippen LogP contribution in [-0.4, -0.2) is 51.1 Å². The number of aromatic nitrogens is 2. The van der Waals surface area contributed by atoms with Gasteiger partial charge in [-0.05, 0) is 45.9 Å². The van der Waals surface area contributed by atoms with Gasteiger partial charge < -0.3 is 10.2 Å². The molecule has 0 aliphatic rings. The molecule has 0 spiro atoms. The molecule has 2 aromatic rings. The van der Waals surface area contributed by atoms with Gasteiger partial charge in [-0.1, -0.05) is 27.7 Å². The van der Waals surface area contributed by atoms with Crippen LogP contribution in [0.3, 0.4) is 0 Å². The molecule has 152 valence electrons. The number of thioether (sulfide) groups is 1. The lowest BCUT2D eigenvalue weighted by atomic mass is 10.2. The molecule has 1 heterocycles. The number of carbonyl (C=O) groups is 2. The maximum atomic E-state index is 12.8. The molecule has 0 bridgehead atoms. The summed E-state index contributed by atoms with van der Waals surface area (Å²) in [5.41, 5.74) is 0.462. The van der Waals surface area contributed by atoms with Crippen molar-refractivity contribution in [1.82, 2.24) is 19.8 Å². The van der Waals surface area contributed by atoms with Gasteiger partial charge >= 0.3 is 0 Å². The first kappa shape index (κ1) is 22.4. The van der Waals surface area contributed by atoms with Crippen molar-refractivity contribution < 1.29 is 9.59 Å². The third-order valence-electron chi connectivity index (χ3n) is 4.04. The van der Waals surface area contributed by atoms with E-state index < -0.39 is 0 Å². The van der Waals surface area contributed by atoms with E-state index >= 15 is 0 Å². The fraction of sp³-hybridized carbons (Fsp3) is 0.474. The number of amides is 2. The molecule has 28 heavy (non-hydrogen) atoms. The van der Waals surface area contributed by atoms with E-state index in [9.17, 15) is 14.4 Å². The summed E-state index contributed by atoms with van der Waals surface area (Å²) in [6, 6.07) is 5.39. The molecule has 0 saturated heterocycles. The Morgan fingerprint density at radius 2 is 2.04 bits per heavy atom. The molecule has 1 aromatic carbocycles. The van der Waals surface area contributed by atoms with Gasteiger partial charge in [0.05, 0.1) is 23.2 Å². The molecule has 7 nitrogen and oxygen atoms in total. The molecule has 0 aliphatic heterocycles. The highest BCUT2D eigenvalue weighted by Gasteiger charge is 2.18. The van der Waals surface area contributed by atoms with Crippen LogP contribution in [0, 0.1) is 0 Å². The molecule has 0 unspecified atom stereocenters. The van der Waals surface area contributed by atoms with Gasteiger partial charge in [-0.15, -0.1) is 0 Å². The van der Waals surface area contributed by atoms with E-state index in [-0.39, 0.29) is 35.7 Å². The number of benzene rings is 1. The molecule has 0 aliphatic carbocycles. The Kier molecular flexibility index (Phi) is 8.06. The van der Waals surface area contributed by atoms with Crippen LogP contribution in [0.25, 0.3) is 10.9 Å². The van der Waals surface area contributed by atoms with Crippen LogP contribution in [0.15, 0.2) is 32.6 Å². The van der Waals surface area contributed by atoms with Gasteiger partial charge in [0.15, 0.2) is 5.16 Å². The van der Waals surface area contributed by atoms with E-state index in [1.807, 2.05) is 33.8 Å². The number of nitrogens with one attached hydrogen (secondary N) is 1.